The Balaban J connectivity index is 3.44. The molecule has 67 heavy (non-hydrogen) atoms. The number of carbonyl (C=O) groups excluding carboxylic acids is 1. The second-order valence-electron chi connectivity index (χ2n) is 22.0. The van der Waals surface area contributed by atoms with Crippen LogP contribution in [0.3, 0.4) is 0 Å². The molecule has 0 saturated carbocycles. The molecule has 0 spiro atoms. The number of amides is 1. The lowest BCUT2D eigenvalue weighted by Gasteiger charge is -2.26. The average Bonchev–Trinajstić information content (AvgIpc) is 3.33. The lowest BCUT2D eigenvalue weighted by molar-refractivity contribution is -0.124. The van der Waals surface area contributed by atoms with E-state index in [0.717, 1.165) is 32.1 Å². The van der Waals surface area contributed by atoms with Crippen LogP contribution in [-0.4, -0.2) is 46.1 Å². The van der Waals surface area contributed by atoms with E-state index in [1.807, 2.05) is 0 Å². The zero-order chi connectivity index (χ0) is 48.6. The summed E-state index contributed by atoms with van der Waals surface area (Å²) in [4.78, 5) is 12.5. The number of hydrogen-bond acceptors (Lipinski definition) is 4. The van der Waals surface area contributed by atoms with Crippen LogP contribution in [0.15, 0.2) is 0 Å². The lowest BCUT2D eigenvalue weighted by Crippen LogP contribution is -2.50. The summed E-state index contributed by atoms with van der Waals surface area (Å²) in [5.41, 5.74) is 0. The molecule has 4 N–H and O–H groups in total. The third-order valence-corrected chi connectivity index (χ3v) is 15.2. The van der Waals surface area contributed by atoms with Gasteiger partial charge in [-0.3, -0.25) is 4.79 Å². The molecule has 5 nitrogen and oxygen atoms in total. The predicted molar refractivity (Wildman–Crippen MR) is 296 cm³/mol. The van der Waals surface area contributed by atoms with E-state index in [4.69, 9.17) is 0 Å². The molecule has 3 atom stereocenters. The minimum atomic E-state index is -1.13. The van der Waals surface area contributed by atoms with Crippen LogP contribution in [0, 0.1) is 0 Å². The van der Waals surface area contributed by atoms with Gasteiger partial charge in [-0.1, -0.05) is 348 Å². The Hall–Kier alpha value is -0.650. The molecule has 0 aromatic heterocycles. The van der Waals surface area contributed by atoms with Crippen molar-refractivity contribution in [1.29, 1.82) is 0 Å². The Morgan fingerprint density at radius 1 is 0.313 bits per heavy atom. The summed E-state index contributed by atoms with van der Waals surface area (Å²) in [6, 6.07) is -0.805. The number of carbonyl (C=O) groups is 1. The van der Waals surface area contributed by atoms with Gasteiger partial charge in [0.2, 0.25) is 5.91 Å². The van der Waals surface area contributed by atoms with Gasteiger partial charge >= 0.3 is 0 Å². The maximum atomic E-state index is 12.5. The van der Waals surface area contributed by atoms with E-state index >= 15 is 0 Å². The van der Waals surface area contributed by atoms with E-state index in [1.165, 1.54) is 308 Å². The van der Waals surface area contributed by atoms with E-state index < -0.39 is 18.2 Å². The number of rotatable bonds is 59. The molecule has 0 aliphatic carbocycles. The van der Waals surface area contributed by atoms with Gasteiger partial charge in [0.25, 0.3) is 0 Å². The summed E-state index contributed by atoms with van der Waals surface area (Å²) in [6.07, 6.45) is 71.5. The molecular formula is C62H125NO4. The maximum absolute atomic E-state index is 12.5. The minimum Gasteiger partial charge on any atom is -0.394 e. The quantitative estimate of drug-likeness (QED) is 0.0457. The van der Waals surface area contributed by atoms with Crippen molar-refractivity contribution >= 4 is 5.91 Å². The van der Waals surface area contributed by atoms with Crippen LogP contribution in [0.4, 0.5) is 0 Å². The normalized spacial score (nSPS) is 13.1. The zero-order valence-electron chi connectivity index (χ0n) is 46.1. The van der Waals surface area contributed by atoms with Gasteiger partial charge in [-0.15, -0.1) is 0 Å². The molecule has 0 fully saturated rings. The molecular weight excluding hydrogens is 823 g/mol. The largest absolute Gasteiger partial charge is 0.394 e. The number of aliphatic hydroxyl groups is 3. The molecule has 5 heteroatoms. The molecule has 0 radical (unpaired) electrons. The Bertz CT molecular complexity index is 914. The van der Waals surface area contributed by atoms with Crippen LogP contribution in [-0.2, 0) is 4.79 Å². The molecule has 0 bridgehead atoms. The van der Waals surface area contributed by atoms with Crippen molar-refractivity contribution in [2.45, 2.75) is 385 Å². The fourth-order valence-electron chi connectivity index (χ4n) is 10.4. The fourth-order valence-corrected chi connectivity index (χ4v) is 10.4. The molecule has 0 aromatic carbocycles. The van der Waals surface area contributed by atoms with E-state index in [0.29, 0.717) is 12.8 Å². The number of nitrogens with one attached hydrogen (secondary N) is 1. The molecule has 0 aromatic rings. The Morgan fingerprint density at radius 3 is 0.716 bits per heavy atom. The van der Waals surface area contributed by atoms with E-state index in [-0.39, 0.29) is 12.5 Å². The van der Waals surface area contributed by atoms with Gasteiger partial charge in [0, 0.05) is 6.42 Å². The first-order valence-electron chi connectivity index (χ1n) is 31.3. The molecule has 0 rings (SSSR count). The van der Waals surface area contributed by atoms with Crippen molar-refractivity contribution in [1.82, 2.24) is 5.32 Å². The summed E-state index contributed by atoms with van der Waals surface area (Å²) >= 11 is 0. The third kappa shape index (κ3) is 53.0. The Morgan fingerprint density at radius 2 is 0.507 bits per heavy atom. The molecule has 0 aliphatic heterocycles. The SMILES string of the molecule is CCCCCCCCCCCCCCCCCCCCCCCCCCCCCCCCCCC(=O)NC(CO)C(O)C(O)CCCCCCCCCCCCCCCCCCCCCCC. The topological polar surface area (TPSA) is 89.8 Å². The summed E-state index contributed by atoms with van der Waals surface area (Å²) < 4.78 is 0. The Kier molecular flexibility index (Phi) is 57.4. The number of hydrogen-bond donors (Lipinski definition) is 4. The summed E-state index contributed by atoms with van der Waals surface area (Å²) in [5.74, 6) is -0.134. The van der Waals surface area contributed by atoms with Crippen LogP contribution in [0.1, 0.15) is 367 Å². The zero-order valence-corrected chi connectivity index (χ0v) is 46.1. The summed E-state index contributed by atoms with van der Waals surface area (Å²) in [5, 5.41) is 33.9. The van der Waals surface area contributed by atoms with Crippen LogP contribution >= 0.6 is 0 Å². The van der Waals surface area contributed by atoms with Crippen molar-refractivity contribution < 1.29 is 20.1 Å². The first-order valence-corrected chi connectivity index (χ1v) is 31.3. The average molecular weight is 949 g/mol. The molecule has 0 saturated heterocycles. The highest BCUT2D eigenvalue weighted by Crippen LogP contribution is 2.19. The molecule has 0 aliphatic rings. The fraction of sp³-hybridized carbons (Fsp3) is 0.984. The van der Waals surface area contributed by atoms with Crippen molar-refractivity contribution in [2.75, 3.05) is 6.61 Å². The van der Waals surface area contributed by atoms with Gasteiger partial charge in [0.15, 0.2) is 0 Å². The number of aliphatic hydroxyl groups excluding tert-OH is 3. The standard InChI is InChI=1S/C62H125NO4/c1-3-5-7-9-11-13-15-17-19-21-23-25-26-27-28-29-30-31-32-33-34-35-37-39-41-43-45-47-49-51-53-55-57-61(66)63-59(58-64)62(67)60(65)56-54-52-50-48-46-44-42-40-38-36-24-22-20-18-16-14-12-10-8-6-4-2/h59-60,62,64-65,67H,3-58H2,1-2H3,(H,63,66). The maximum Gasteiger partial charge on any atom is 0.220 e. The molecule has 402 valence electrons. The summed E-state index contributed by atoms with van der Waals surface area (Å²) in [7, 11) is 0. The van der Waals surface area contributed by atoms with Crippen molar-refractivity contribution in [3.8, 4) is 0 Å². The van der Waals surface area contributed by atoms with Crippen molar-refractivity contribution in [3.05, 3.63) is 0 Å². The monoisotopic (exact) mass is 948 g/mol. The number of unbranched alkanes of at least 4 members (excludes halogenated alkanes) is 51. The highest BCUT2D eigenvalue weighted by Gasteiger charge is 2.26. The molecule has 0 heterocycles. The van der Waals surface area contributed by atoms with Crippen LogP contribution < -0.4 is 5.32 Å². The second-order valence-corrected chi connectivity index (χ2v) is 22.0. The van der Waals surface area contributed by atoms with Crippen molar-refractivity contribution in [2.24, 2.45) is 0 Å². The first-order chi connectivity index (χ1) is 33.1. The van der Waals surface area contributed by atoms with E-state index in [2.05, 4.69) is 19.2 Å². The minimum absolute atomic E-state index is 0.134. The van der Waals surface area contributed by atoms with Crippen molar-refractivity contribution in [3.63, 3.8) is 0 Å². The smallest absolute Gasteiger partial charge is 0.220 e. The second kappa shape index (κ2) is 57.9. The molecule has 3 unspecified atom stereocenters. The Labute approximate surface area is 421 Å². The molecule has 1 amide bonds. The van der Waals surface area contributed by atoms with Gasteiger partial charge in [-0.25, -0.2) is 0 Å². The summed E-state index contributed by atoms with van der Waals surface area (Å²) in [6.45, 7) is 4.24. The highest BCUT2D eigenvalue weighted by molar-refractivity contribution is 5.76. The van der Waals surface area contributed by atoms with E-state index in [9.17, 15) is 20.1 Å². The predicted octanol–water partition coefficient (Wildman–Crippen LogP) is 19.7. The highest BCUT2D eigenvalue weighted by atomic mass is 16.3. The van der Waals surface area contributed by atoms with Crippen LogP contribution in [0.5, 0.6) is 0 Å². The first kappa shape index (κ1) is 66.3. The van der Waals surface area contributed by atoms with Gasteiger partial charge in [-0.05, 0) is 12.8 Å². The van der Waals surface area contributed by atoms with Crippen LogP contribution in [0.2, 0.25) is 0 Å². The van der Waals surface area contributed by atoms with Gasteiger partial charge in [0.1, 0.15) is 6.10 Å². The third-order valence-electron chi connectivity index (χ3n) is 15.2. The van der Waals surface area contributed by atoms with Gasteiger partial charge in [-0.2, -0.15) is 0 Å². The lowest BCUT2D eigenvalue weighted by atomic mass is 9.99. The van der Waals surface area contributed by atoms with Crippen LogP contribution in [0.25, 0.3) is 0 Å². The van der Waals surface area contributed by atoms with Gasteiger partial charge < -0.3 is 20.6 Å². The van der Waals surface area contributed by atoms with E-state index in [1.54, 1.807) is 0 Å². The van der Waals surface area contributed by atoms with Gasteiger partial charge in [0.05, 0.1) is 18.8 Å².